The Labute approximate surface area is 95.4 Å². The van der Waals surface area contributed by atoms with Crippen LogP contribution in [0.25, 0.3) is 0 Å². The molecule has 4 nitrogen and oxygen atoms in total. The van der Waals surface area contributed by atoms with Crippen molar-refractivity contribution in [1.29, 1.82) is 0 Å². The molecule has 1 amide bonds. The van der Waals surface area contributed by atoms with Crippen LogP contribution in [0.4, 0.5) is 10.1 Å². The van der Waals surface area contributed by atoms with E-state index in [1.807, 2.05) is 0 Å². The third-order valence-electron chi connectivity index (χ3n) is 1.93. The summed E-state index contributed by atoms with van der Waals surface area (Å²) in [7, 11) is 0. The van der Waals surface area contributed by atoms with Crippen molar-refractivity contribution in [3.63, 3.8) is 0 Å². The normalized spacial score (nSPS) is 10.1. The van der Waals surface area contributed by atoms with Crippen molar-refractivity contribution in [2.24, 2.45) is 0 Å². The van der Waals surface area contributed by atoms with Gasteiger partial charge in [0, 0.05) is 11.2 Å². The SMILES string of the molecule is O=C(Nc1cn[nH]c1)c1ccc(Cl)cc1F. The van der Waals surface area contributed by atoms with Gasteiger partial charge in [0.15, 0.2) is 0 Å². The lowest BCUT2D eigenvalue weighted by Crippen LogP contribution is -2.13. The third kappa shape index (κ3) is 2.20. The van der Waals surface area contributed by atoms with E-state index in [1.165, 1.54) is 24.5 Å². The quantitative estimate of drug-likeness (QED) is 0.846. The summed E-state index contributed by atoms with van der Waals surface area (Å²) >= 11 is 5.58. The van der Waals surface area contributed by atoms with Gasteiger partial charge in [-0.15, -0.1) is 0 Å². The van der Waals surface area contributed by atoms with Gasteiger partial charge in [-0.3, -0.25) is 9.89 Å². The summed E-state index contributed by atoms with van der Waals surface area (Å²) in [5.41, 5.74) is 0.407. The smallest absolute Gasteiger partial charge is 0.258 e. The van der Waals surface area contributed by atoms with E-state index in [-0.39, 0.29) is 10.6 Å². The summed E-state index contributed by atoms with van der Waals surface area (Å²) in [6, 6.07) is 3.87. The molecule has 0 aliphatic carbocycles. The lowest BCUT2D eigenvalue weighted by Gasteiger charge is -2.03. The fourth-order valence-corrected chi connectivity index (χ4v) is 1.35. The molecular formula is C10H7ClFN3O. The largest absolute Gasteiger partial charge is 0.319 e. The van der Waals surface area contributed by atoms with Gasteiger partial charge in [-0.2, -0.15) is 5.10 Å². The summed E-state index contributed by atoms with van der Waals surface area (Å²) in [5.74, 6) is -1.20. The molecule has 1 aromatic heterocycles. The average Bonchev–Trinajstić information content (AvgIpc) is 2.70. The maximum Gasteiger partial charge on any atom is 0.258 e. The highest BCUT2D eigenvalue weighted by Crippen LogP contribution is 2.15. The summed E-state index contributed by atoms with van der Waals surface area (Å²) in [4.78, 5) is 11.6. The van der Waals surface area contributed by atoms with Crippen LogP contribution in [0.1, 0.15) is 10.4 Å². The number of rotatable bonds is 2. The van der Waals surface area contributed by atoms with Crippen LogP contribution in [0.5, 0.6) is 0 Å². The Bertz CT molecular complexity index is 513. The van der Waals surface area contributed by atoms with Gasteiger partial charge in [-0.25, -0.2) is 4.39 Å². The highest BCUT2D eigenvalue weighted by Gasteiger charge is 2.12. The minimum atomic E-state index is -0.659. The molecule has 0 aliphatic heterocycles. The Morgan fingerprint density at radius 3 is 2.94 bits per heavy atom. The monoisotopic (exact) mass is 239 g/mol. The first-order valence-electron chi connectivity index (χ1n) is 4.42. The van der Waals surface area contributed by atoms with Crippen LogP contribution in [0.2, 0.25) is 5.02 Å². The molecule has 0 saturated heterocycles. The Hall–Kier alpha value is -1.88. The lowest BCUT2D eigenvalue weighted by atomic mass is 10.2. The van der Waals surface area contributed by atoms with E-state index in [0.29, 0.717) is 5.69 Å². The number of benzene rings is 1. The Kier molecular flexibility index (Phi) is 2.87. The zero-order valence-electron chi connectivity index (χ0n) is 8.00. The Morgan fingerprint density at radius 1 is 1.50 bits per heavy atom. The Morgan fingerprint density at radius 2 is 2.31 bits per heavy atom. The predicted molar refractivity (Wildman–Crippen MR) is 58.0 cm³/mol. The minimum Gasteiger partial charge on any atom is -0.319 e. The zero-order chi connectivity index (χ0) is 11.5. The molecule has 6 heteroatoms. The molecule has 1 aromatic carbocycles. The van der Waals surface area contributed by atoms with E-state index < -0.39 is 11.7 Å². The van der Waals surface area contributed by atoms with Gasteiger partial charge in [0.25, 0.3) is 5.91 Å². The van der Waals surface area contributed by atoms with Crippen molar-refractivity contribution in [3.8, 4) is 0 Å². The molecule has 0 bridgehead atoms. The standard InChI is InChI=1S/C10H7ClFN3O/c11-6-1-2-8(9(12)3-6)10(16)15-7-4-13-14-5-7/h1-5H,(H,13,14)(H,15,16). The number of nitrogens with zero attached hydrogens (tertiary/aromatic N) is 1. The van der Waals surface area contributed by atoms with E-state index in [0.717, 1.165) is 6.07 Å². The molecule has 0 saturated carbocycles. The van der Waals surface area contributed by atoms with E-state index in [9.17, 15) is 9.18 Å². The van der Waals surface area contributed by atoms with Crippen LogP contribution >= 0.6 is 11.6 Å². The number of anilines is 1. The molecule has 0 fully saturated rings. The first-order chi connectivity index (χ1) is 7.66. The fraction of sp³-hybridized carbons (Fsp3) is 0. The molecule has 0 radical (unpaired) electrons. The fourth-order valence-electron chi connectivity index (χ4n) is 1.19. The van der Waals surface area contributed by atoms with Gasteiger partial charge in [0.2, 0.25) is 0 Å². The highest BCUT2D eigenvalue weighted by molar-refractivity contribution is 6.30. The van der Waals surface area contributed by atoms with Crippen molar-refractivity contribution in [3.05, 3.63) is 47.0 Å². The van der Waals surface area contributed by atoms with Crippen LogP contribution in [-0.4, -0.2) is 16.1 Å². The minimum absolute atomic E-state index is 0.0643. The Balaban J connectivity index is 2.21. The van der Waals surface area contributed by atoms with E-state index in [2.05, 4.69) is 15.5 Å². The number of nitrogens with one attached hydrogen (secondary N) is 2. The van der Waals surface area contributed by atoms with Crippen LogP contribution in [-0.2, 0) is 0 Å². The molecule has 0 atom stereocenters. The number of hydrogen-bond donors (Lipinski definition) is 2. The van der Waals surface area contributed by atoms with Crippen molar-refractivity contribution >= 4 is 23.2 Å². The highest BCUT2D eigenvalue weighted by atomic mass is 35.5. The second-order valence-electron chi connectivity index (χ2n) is 3.07. The van der Waals surface area contributed by atoms with Crippen LogP contribution in [0.15, 0.2) is 30.6 Å². The number of hydrogen-bond acceptors (Lipinski definition) is 2. The molecule has 1 heterocycles. The van der Waals surface area contributed by atoms with Gasteiger partial charge < -0.3 is 5.32 Å². The van der Waals surface area contributed by atoms with Crippen molar-refractivity contribution in [2.75, 3.05) is 5.32 Å². The van der Waals surface area contributed by atoms with Gasteiger partial charge >= 0.3 is 0 Å². The van der Waals surface area contributed by atoms with Gasteiger partial charge in [-0.1, -0.05) is 11.6 Å². The first kappa shape index (κ1) is 10.6. The summed E-state index contributed by atoms with van der Waals surface area (Å²) in [5, 5.41) is 8.91. The van der Waals surface area contributed by atoms with E-state index >= 15 is 0 Å². The summed E-state index contributed by atoms with van der Waals surface area (Å²) < 4.78 is 13.4. The summed E-state index contributed by atoms with van der Waals surface area (Å²) in [6.07, 6.45) is 2.91. The van der Waals surface area contributed by atoms with Crippen molar-refractivity contribution < 1.29 is 9.18 Å². The average molecular weight is 240 g/mol. The molecule has 0 unspecified atom stereocenters. The number of halogens is 2. The lowest BCUT2D eigenvalue weighted by molar-refractivity contribution is 0.102. The van der Waals surface area contributed by atoms with Crippen molar-refractivity contribution in [2.45, 2.75) is 0 Å². The van der Waals surface area contributed by atoms with Gasteiger partial charge in [0.05, 0.1) is 17.4 Å². The van der Waals surface area contributed by atoms with Crippen LogP contribution in [0.3, 0.4) is 0 Å². The van der Waals surface area contributed by atoms with Crippen LogP contribution < -0.4 is 5.32 Å². The summed E-state index contributed by atoms with van der Waals surface area (Å²) in [6.45, 7) is 0. The maximum absolute atomic E-state index is 13.4. The molecule has 2 aromatic rings. The number of H-pyrrole nitrogens is 1. The number of amides is 1. The van der Waals surface area contributed by atoms with Gasteiger partial charge in [0.1, 0.15) is 5.82 Å². The number of aromatic amines is 1. The number of carbonyl (C=O) groups is 1. The predicted octanol–water partition coefficient (Wildman–Crippen LogP) is 2.45. The van der Waals surface area contributed by atoms with Gasteiger partial charge in [-0.05, 0) is 18.2 Å². The first-order valence-corrected chi connectivity index (χ1v) is 4.80. The molecule has 0 aliphatic rings. The topological polar surface area (TPSA) is 57.8 Å². The molecule has 16 heavy (non-hydrogen) atoms. The number of carbonyl (C=O) groups excluding carboxylic acids is 1. The van der Waals surface area contributed by atoms with Crippen molar-refractivity contribution in [1.82, 2.24) is 10.2 Å². The van der Waals surface area contributed by atoms with E-state index in [4.69, 9.17) is 11.6 Å². The van der Waals surface area contributed by atoms with Crippen LogP contribution in [0, 0.1) is 5.82 Å². The molecular weight excluding hydrogens is 233 g/mol. The maximum atomic E-state index is 13.4. The molecule has 2 N–H and O–H groups in total. The third-order valence-corrected chi connectivity index (χ3v) is 2.17. The number of aromatic nitrogens is 2. The second-order valence-corrected chi connectivity index (χ2v) is 3.50. The zero-order valence-corrected chi connectivity index (χ0v) is 8.75. The molecule has 0 spiro atoms. The molecule has 2 rings (SSSR count). The second kappa shape index (κ2) is 4.32. The van der Waals surface area contributed by atoms with E-state index in [1.54, 1.807) is 0 Å². The molecule has 82 valence electrons.